The molecule has 2 aromatic heterocycles. The molecule has 10 heteroatoms. The predicted molar refractivity (Wildman–Crippen MR) is 110 cm³/mol. The zero-order valence-electron chi connectivity index (χ0n) is 16.6. The van der Waals surface area contributed by atoms with Gasteiger partial charge in [0.15, 0.2) is 5.13 Å². The molecule has 0 saturated carbocycles. The van der Waals surface area contributed by atoms with Crippen molar-refractivity contribution < 1.29 is 22.7 Å². The van der Waals surface area contributed by atoms with Gasteiger partial charge in [0.1, 0.15) is 5.75 Å². The van der Waals surface area contributed by atoms with Gasteiger partial charge in [-0.3, -0.25) is 15.0 Å². The first-order valence-electron chi connectivity index (χ1n) is 9.65. The first-order chi connectivity index (χ1) is 14.8. The van der Waals surface area contributed by atoms with Gasteiger partial charge < -0.3 is 4.74 Å². The number of hydrogen-bond acceptors (Lipinski definition) is 6. The number of carbonyl (C=O) groups is 1. The minimum Gasteiger partial charge on any atom is -0.439 e. The Morgan fingerprint density at radius 3 is 2.65 bits per heavy atom. The Bertz CT molecular complexity index is 1070. The van der Waals surface area contributed by atoms with Gasteiger partial charge in [0.05, 0.1) is 11.3 Å². The van der Waals surface area contributed by atoms with E-state index in [2.05, 4.69) is 27.1 Å². The van der Waals surface area contributed by atoms with Crippen LogP contribution in [0.2, 0.25) is 0 Å². The summed E-state index contributed by atoms with van der Waals surface area (Å²) in [5, 5.41) is 3.40. The Morgan fingerprint density at radius 2 is 2.00 bits per heavy atom. The molecule has 1 aliphatic heterocycles. The molecule has 0 aliphatic carbocycles. The highest BCUT2D eigenvalue weighted by atomic mass is 32.1. The fraction of sp³-hybridized carbons (Fsp3) is 0.286. The van der Waals surface area contributed by atoms with Gasteiger partial charge in [-0.05, 0) is 36.9 Å². The molecule has 0 unspecified atom stereocenters. The lowest BCUT2D eigenvalue weighted by molar-refractivity contribution is -0.137. The van der Waals surface area contributed by atoms with Crippen molar-refractivity contribution in [1.29, 1.82) is 0 Å². The van der Waals surface area contributed by atoms with Crippen LogP contribution in [-0.4, -0.2) is 33.9 Å². The third kappa shape index (κ3) is 5.02. The lowest BCUT2D eigenvalue weighted by atomic mass is 10.2. The van der Waals surface area contributed by atoms with Crippen molar-refractivity contribution in [3.05, 3.63) is 64.3 Å². The van der Waals surface area contributed by atoms with E-state index in [1.165, 1.54) is 16.2 Å². The van der Waals surface area contributed by atoms with E-state index in [0.29, 0.717) is 22.6 Å². The maximum absolute atomic E-state index is 12.6. The lowest BCUT2D eigenvalue weighted by Crippen LogP contribution is -2.29. The standard InChI is InChI=1S/C21H19F3N4O2S/c1-2-28-10-9-16-17(12-28)31-20(26-16)27-19(29)13-3-6-15(7-4-13)30-18-8-5-14(11-25-18)21(22,23)24/h3-8,11H,2,9-10,12H2,1H3,(H,26,27,29). The fourth-order valence-corrected chi connectivity index (χ4v) is 4.19. The van der Waals surface area contributed by atoms with E-state index >= 15 is 0 Å². The van der Waals surface area contributed by atoms with Gasteiger partial charge in [-0.2, -0.15) is 13.2 Å². The molecule has 3 heterocycles. The highest BCUT2D eigenvalue weighted by Crippen LogP contribution is 2.31. The normalized spacial score (nSPS) is 14.2. The average molecular weight is 448 g/mol. The molecule has 1 aliphatic rings. The summed E-state index contributed by atoms with van der Waals surface area (Å²) in [5.74, 6) is 0.0884. The number of halogens is 3. The second kappa shape index (κ2) is 8.64. The van der Waals surface area contributed by atoms with Crippen LogP contribution in [0.3, 0.4) is 0 Å². The molecule has 31 heavy (non-hydrogen) atoms. The summed E-state index contributed by atoms with van der Waals surface area (Å²) in [5.41, 5.74) is 0.604. The van der Waals surface area contributed by atoms with E-state index in [9.17, 15) is 18.0 Å². The fourth-order valence-electron chi connectivity index (χ4n) is 3.14. The molecule has 162 valence electrons. The maximum atomic E-state index is 12.6. The molecule has 0 saturated heterocycles. The Morgan fingerprint density at radius 1 is 1.23 bits per heavy atom. The second-order valence-corrected chi connectivity index (χ2v) is 8.05. The summed E-state index contributed by atoms with van der Waals surface area (Å²) >= 11 is 1.49. The maximum Gasteiger partial charge on any atom is 0.417 e. The highest BCUT2D eigenvalue weighted by molar-refractivity contribution is 7.15. The van der Waals surface area contributed by atoms with E-state index in [0.717, 1.165) is 43.9 Å². The number of hydrogen-bond donors (Lipinski definition) is 1. The number of rotatable bonds is 5. The molecular formula is C21H19F3N4O2S. The van der Waals surface area contributed by atoms with Gasteiger partial charge in [0, 0.05) is 42.2 Å². The molecule has 0 spiro atoms. The van der Waals surface area contributed by atoms with Crippen molar-refractivity contribution in [3.63, 3.8) is 0 Å². The van der Waals surface area contributed by atoms with E-state index in [1.807, 2.05) is 0 Å². The van der Waals surface area contributed by atoms with Crippen LogP contribution in [0.25, 0.3) is 0 Å². The highest BCUT2D eigenvalue weighted by Gasteiger charge is 2.30. The molecule has 0 atom stereocenters. The van der Waals surface area contributed by atoms with Gasteiger partial charge in [0.25, 0.3) is 5.91 Å². The van der Waals surface area contributed by atoms with Crippen LogP contribution >= 0.6 is 11.3 Å². The summed E-state index contributed by atoms with van der Waals surface area (Å²) in [4.78, 5) is 24.2. The van der Waals surface area contributed by atoms with Crippen molar-refractivity contribution in [2.24, 2.45) is 0 Å². The topological polar surface area (TPSA) is 67.4 Å². The van der Waals surface area contributed by atoms with E-state index < -0.39 is 11.7 Å². The van der Waals surface area contributed by atoms with E-state index in [1.54, 1.807) is 24.3 Å². The number of thiazole rings is 1. The summed E-state index contributed by atoms with van der Waals surface area (Å²) < 4.78 is 43.2. The van der Waals surface area contributed by atoms with Crippen LogP contribution in [0.15, 0.2) is 42.6 Å². The number of pyridine rings is 1. The van der Waals surface area contributed by atoms with Crippen LogP contribution in [0.1, 0.15) is 33.4 Å². The number of likely N-dealkylation sites (N-methyl/N-ethyl adjacent to an activating group) is 1. The number of ether oxygens (including phenoxy) is 1. The van der Waals surface area contributed by atoms with Crippen molar-refractivity contribution in [2.45, 2.75) is 26.1 Å². The largest absolute Gasteiger partial charge is 0.439 e. The number of fused-ring (bicyclic) bond motifs is 1. The predicted octanol–water partition coefficient (Wildman–Crippen LogP) is 4.98. The lowest BCUT2D eigenvalue weighted by Gasteiger charge is -2.23. The van der Waals surface area contributed by atoms with Crippen LogP contribution in [0.5, 0.6) is 11.6 Å². The minimum atomic E-state index is -4.45. The zero-order valence-corrected chi connectivity index (χ0v) is 17.4. The number of aromatic nitrogens is 2. The average Bonchev–Trinajstić information content (AvgIpc) is 3.15. The van der Waals surface area contributed by atoms with Crippen molar-refractivity contribution >= 4 is 22.4 Å². The van der Waals surface area contributed by atoms with E-state index in [4.69, 9.17) is 4.74 Å². The van der Waals surface area contributed by atoms with Gasteiger partial charge in [-0.15, -0.1) is 11.3 Å². The number of anilines is 1. The first-order valence-corrected chi connectivity index (χ1v) is 10.5. The number of carbonyl (C=O) groups excluding carboxylic acids is 1. The quantitative estimate of drug-likeness (QED) is 0.596. The third-order valence-electron chi connectivity index (χ3n) is 4.88. The summed E-state index contributed by atoms with van der Waals surface area (Å²) in [6, 6.07) is 8.30. The number of nitrogens with one attached hydrogen (secondary N) is 1. The Hall–Kier alpha value is -2.98. The SMILES string of the molecule is CCN1CCc2nc(NC(=O)c3ccc(Oc4ccc(C(F)(F)F)cn4)cc3)sc2C1. The van der Waals surface area contributed by atoms with Gasteiger partial charge in [0.2, 0.25) is 5.88 Å². The minimum absolute atomic E-state index is 0.0275. The zero-order chi connectivity index (χ0) is 22.0. The third-order valence-corrected chi connectivity index (χ3v) is 5.88. The number of nitrogens with zero attached hydrogens (tertiary/aromatic N) is 3. The molecule has 1 amide bonds. The van der Waals surface area contributed by atoms with Crippen molar-refractivity contribution in [1.82, 2.24) is 14.9 Å². The number of amides is 1. The summed E-state index contributed by atoms with van der Waals surface area (Å²) in [6.07, 6.45) is -2.86. The van der Waals surface area contributed by atoms with Crippen molar-refractivity contribution in [2.75, 3.05) is 18.4 Å². The van der Waals surface area contributed by atoms with Gasteiger partial charge in [-0.1, -0.05) is 6.92 Å². The molecule has 0 bridgehead atoms. The molecule has 1 aromatic carbocycles. The summed E-state index contributed by atoms with van der Waals surface area (Å²) in [6.45, 7) is 4.92. The molecule has 1 N–H and O–H groups in total. The van der Waals surface area contributed by atoms with Crippen molar-refractivity contribution in [3.8, 4) is 11.6 Å². The number of alkyl halides is 3. The van der Waals surface area contributed by atoms with E-state index in [-0.39, 0.29) is 11.8 Å². The summed E-state index contributed by atoms with van der Waals surface area (Å²) in [7, 11) is 0. The molecule has 0 radical (unpaired) electrons. The smallest absolute Gasteiger partial charge is 0.417 e. The van der Waals surface area contributed by atoms with Crippen LogP contribution in [-0.2, 0) is 19.1 Å². The van der Waals surface area contributed by atoms with Gasteiger partial charge in [-0.25, -0.2) is 9.97 Å². The molecule has 3 aromatic rings. The Balaban J connectivity index is 1.38. The molecule has 0 fully saturated rings. The van der Waals surface area contributed by atoms with Crippen LogP contribution < -0.4 is 10.1 Å². The molecule has 6 nitrogen and oxygen atoms in total. The molecule has 4 rings (SSSR count). The van der Waals surface area contributed by atoms with Crippen LogP contribution in [0, 0.1) is 0 Å². The Labute approximate surface area is 180 Å². The number of benzene rings is 1. The Kier molecular flexibility index (Phi) is 5.92. The monoisotopic (exact) mass is 448 g/mol. The second-order valence-electron chi connectivity index (χ2n) is 6.97. The van der Waals surface area contributed by atoms with Crippen LogP contribution in [0.4, 0.5) is 18.3 Å². The molecular weight excluding hydrogens is 429 g/mol. The first kappa shape index (κ1) is 21.3. The van der Waals surface area contributed by atoms with Gasteiger partial charge >= 0.3 is 6.18 Å².